The van der Waals surface area contributed by atoms with Crippen LogP contribution in [0.5, 0.6) is 0 Å². The van der Waals surface area contributed by atoms with Gasteiger partial charge in [-0.15, -0.1) is 11.3 Å². The molecular formula is C15H18N4O2S2. The molecule has 2 amide bonds. The van der Waals surface area contributed by atoms with Gasteiger partial charge in [0.15, 0.2) is 5.16 Å². The van der Waals surface area contributed by atoms with E-state index in [0.29, 0.717) is 10.6 Å². The molecule has 8 heteroatoms. The number of hydrogen-bond acceptors (Lipinski definition) is 5. The zero-order valence-electron chi connectivity index (χ0n) is 12.8. The van der Waals surface area contributed by atoms with E-state index in [0.717, 1.165) is 36.4 Å². The highest BCUT2D eigenvalue weighted by atomic mass is 32.2. The average molecular weight is 350 g/mol. The van der Waals surface area contributed by atoms with Crippen LogP contribution < -0.4 is 11.1 Å². The highest BCUT2D eigenvalue weighted by Crippen LogP contribution is 2.37. The van der Waals surface area contributed by atoms with Gasteiger partial charge in [0.05, 0.1) is 11.3 Å². The third-order valence-electron chi connectivity index (χ3n) is 3.78. The topological polar surface area (TPSA) is 90.0 Å². The molecule has 0 saturated heterocycles. The summed E-state index contributed by atoms with van der Waals surface area (Å²) in [5.74, 6) is -0.374. The van der Waals surface area contributed by atoms with E-state index >= 15 is 0 Å². The van der Waals surface area contributed by atoms with Crippen molar-refractivity contribution in [1.29, 1.82) is 0 Å². The minimum absolute atomic E-state index is 0.154. The SMILES string of the molecule is Cn1ccnc1SCC(=O)Nc1sc2c(c1C(N)=O)CCCC2. The third kappa shape index (κ3) is 3.42. The first-order valence-corrected chi connectivity index (χ1v) is 9.20. The standard InChI is InChI=1S/C15H18N4O2S2/c1-19-7-6-17-15(19)22-8-11(20)18-14-12(13(16)21)9-4-2-3-5-10(9)23-14/h6-7H,2-5,8H2,1H3,(H2,16,21)(H,18,20). The number of anilines is 1. The van der Waals surface area contributed by atoms with Crippen LogP contribution in [0.15, 0.2) is 17.6 Å². The molecule has 1 aliphatic carbocycles. The van der Waals surface area contributed by atoms with E-state index in [1.54, 1.807) is 6.20 Å². The maximum atomic E-state index is 12.2. The summed E-state index contributed by atoms with van der Waals surface area (Å²) in [6, 6.07) is 0. The van der Waals surface area contributed by atoms with Crippen LogP contribution in [0.2, 0.25) is 0 Å². The number of amides is 2. The molecule has 6 nitrogen and oxygen atoms in total. The van der Waals surface area contributed by atoms with E-state index < -0.39 is 5.91 Å². The lowest BCUT2D eigenvalue weighted by atomic mass is 9.95. The minimum atomic E-state index is -0.462. The highest BCUT2D eigenvalue weighted by Gasteiger charge is 2.24. The molecule has 122 valence electrons. The molecule has 0 atom stereocenters. The molecule has 3 rings (SSSR count). The molecule has 0 aliphatic heterocycles. The number of hydrogen-bond donors (Lipinski definition) is 2. The number of thioether (sulfide) groups is 1. The van der Waals surface area contributed by atoms with Gasteiger partial charge < -0.3 is 15.6 Å². The van der Waals surface area contributed by atoms with E-state index in [1.165, 1.54) is 28.0 Å². The molecule has 0 fully saturated rings. The number of fused-ring (bicyclic) bond motifs is 1. The fourth-order valence-electron chi connectivity index (χ4n) is 2.70. The summed E-state index contributed by atoms with van der Waals surface area (Å²) in [7, 11) is 1.88. The molecule has 0 spiro atoms. The lowest BCUT2D eigenvalue weighted by Gasteiger charge is -2.11. The number of carbonyl (C=O) groups is 2. The maximum Gasteiger partial charge on any atom is 0.251 e. The number of imidazole rings is 1. The average Bonchev–Trinajstić information content (AvgIpc) is 3.07. The Hall–Kier alpha value is -1.80. The lowest BCUT2D eigenvalue weighted by molar-refractivity contribution is -0.113. The molecule has 0 bridgehead atoms. The number of nitrogens with two attached hydrogens (primary N) is 1. The minimum Gasteiger partial charge on any atom is -0.365 e. The normalized spacial score (nSPS) is 13.6. The van der Waals surface area contributed by atoms with E-state index in [2.05, 4.69) is 10.3 Å². The first kappa shape index (κ1) is 16.1. The number of thiophene rings is 1. The summed E-state index contributed by atoms with van der Waals surface area (Å²) in [5, 5.41) is 4.22. The Morgan fingerprint density at radius 3 is 2.91 bits per heavy atom. The van der Waals surface area contributed by atoms with Gasteiger partial charge >= 0.3 is 0 Å². The van der Waals surface area contributed by atoms with E-state index in [4.69, 9.17) is 5.73 Å². The van der Waals surface area contributed by atoms with Gasteiger partial charge in [0.1, 0.15) is 5.00 Å². The number of aromatic nitrogens is 2. The summed E-state index contributed by atoms with van der Waals surface area (Å²) in [5.41, 5.74) is 7.06. The van der Waals surface area contributed by atoms with Crippen LogP contribution in [0.25, 0.3) is 0 Å². The number of nitrogens with zero attached hydrogens (tertiary/aromatic N) is 2. The van der Waals surface area contributed by atoms with Crippen molar-refractivity contribution in [3.05, 3.63) is 28.4 Å². The summed E-state index contributed by atoms with van der Waals surface area (Å²) in [4.78, 5) is 29.3. The second kappa shape index (κ2) is 6.76. The van der Waals surface area contributed by atoms with Crippen molar-refractivity contribution in [2.75, 3.05) is 11.1 Å². The molecule has 0 unspecified atom stereocenters. The Balaban J connectivity index is 1.72. The smallest absolute Gasteiger partial charge is 0.251 e. The number of rotatable bonds is 5. The van der Waals surface area contributed by atoms with Crippen molar-refractivity contribution < 1.29 is 9.59 Å². The van der Waals surface area contributed by atoms with Gasteiger partial charge in [-0.25, -0.2) is 4.98 Å². The Morgan fingerprint density at radius 1 is 1.43 bits per heavy atom. The summed E-state index contributed by atoms with van der Waals surface area (Å²) >= 11 is 2.84. The lowest BCUT2D eigenvalue weighted by Crippen LogP contribution is -2.19. The van der Waals surface area contributed by atoms with Crippen LogP contribution in [0.1, 0.15) is 33.6 Å². The molecule has 3 N–H and O–H groups in total. The van der Waals surface area contributed by atoms with Crippen molar-refractivity contribution in [2.45, 2.75) is 30.8 Å². The fraction of sp³-hybridized carbons (Fsp3) is 0.400. The molecule has 0 aromatic carbocycles. The van der Waals surface area contributed by atoms with Crippen LogP contribution in [-0.4, -0.2) is 27.1 Å². The molecule has 0 saturated carbocycles. The van der Waals surface area contributed by atoms with Gasteiger partial charge in [-0.05, 0) is 31.2 Å². The van der Waals surface area contributed by atoms with Crippen LogP contribution in [0.3, 0.4) is 0 Å². The second-order valence-corrected chi connectivity index (χ2v) is 7.48. The molecule has 23 heavy (non-hydrogen) atoms. The van der Waals surface area contributed by atoms with Crippen molar-refractivity contribution in [3.63, 3.8) is 0 Å². The number of carbonyl (C=O) groups excluding carboxylic acids is 2. The number of aryl methyl sites for hydroxylation is 2. The molecule has 2 heterocycles. The van der Waals surface area contributed by atoms with E-state index in [-0.39, 0.29) is 11.7 Å². The van der Waals surface area contributed by atoms with Crippen molar-refractivity contribution >= 4 is 39.9 Å². The van der Waals surface area contributed by atoms with Gasteiger partial charge in [0.25, 0.3) is 5.91 Å². The number of nitrogens with one attached hydrogen (secondary N) is 1. The van der Waals surface area contributed by atoms with Gasteiger partial charge in [-0.3, -0.25) is 9.59 Å². The van der Waals surface area contributed by atoms with Crippen molar-refractivity contribution in [1.82, 2.24) is 9.55 Å². The van der Waals surface area contributed by atoms with Gasteiger partial charge in [-0.2, -0.15) is 0 Å². The summed E-state index contributed by atoms with van der Waals surface area (Å²) < 4.78 is 1.86. The molecule has 2 aromatic heterocycles. The Kier molecular flexibility index (Phi) is 4.72. The molecule has 1 aliphatic rings. The highest BCUT2D eigenvalue weighted by molar-refractivity contribution is 7.99. The zero-order chi connectivity index (χ0) is 16.4. The third-order valence-corrected chi connectivity index (χ3v) is 6.05. The zero-order valence-corrected chi connectivity index (χ0v) is 14.4. The van der Waals surface area contributed by atoms with Crippen LogP contribution >= 0.6 is 23.1 Å². The molecule has 2 aromatic rings. The van der Waals surface area contributed by atoms with Gasteiger partial charge in [-0.1, -0.05) is 11.8 Å². The largest absolute Gasteiger partial charge is 0.365 e. The Bertz CT molecular complexity index is 751. The Labute approximate surface area is 142 Å². The Morgan fingerprint density at radius 2 is 2.22 bits per heavy atom. The quantitative estimate of drug-likeness (QED) is 0.809. The van der Waals surface area contributed by atoms with Crippen LogP contribution in [0.4, 0.5) is 5.00 Å². The van der Waals surface area contributed by atoms with E-state index in [1.807, 2.05) is 17.8 Å². The monoisotopic (exact) mass is 350 g/mol. The predicted molar refractivity (Wildman–Crippen MR) is 92.0 cm³/mol. The predicted octanol–water partition coefficient (Wildman–Crippen LogP) is 2.19. The number of primary amides is 1. The van der Waals surface area contributed by atoms with Crippen LogP contribution in [-0.2, 0) is 24.7 Å². The van der Waals surface area contributed by atoms with E-state index in [9.17, 15) is 9.59 Å². The molecule has 0 radical (unpaired) electrons. The summed E-state index contributed by atoms with van der Waals surface area (Å²) in [6.45, 7) is 0. The van der Waals surface area contributed by atoms with Crippen LogP contribution in [0, 0.1) is 0 Å². The fourth-order valence-corrected chi connectivity index (χ4v) is 4.74. The second-order valence-electron chi connectivity index (χ2n) is 5.44. The summed E-state index contributed by atoms with van der Waals surface area (Å²) in [6.07, 6.45) is 7.53. The van der Waals surface area contributed by atoms with Gasteiger partial charge in [0.2, 0.25) is 5.91 Å². The van der Waals surface area contributed by atoms with Crippen molar-refractivity contribution in [2.24, 2.45) is 12.8 Å². The molecular weight excluding hydrogens is 332 g/mol. The van der Waals surface area contributed by atoms with Crippen molar-refractivity contribution in [3.8, 4) is 0 Å². The maximum absolute atomic E-state index is 12.2. The first-order valence-electron chi connectivity index (χ1n) is 7.40. The first-order chi connectivity index (χ1) is 11.1. The van der Waals surface area contributed by atoms with Gasteiger partial charge in [0, 0.05) is 24.3 Å².